The van der Waals surface area contributed by atoms with Crippen molar-refractivity contribution in [3.8, 4) is 53.9 Å². The van der Waals surface area contributed by atoms with E-state index < -0.39 is 17.9 Å². The van der Waals surface area contributed by atoms with Crippen LogP contribution in [0.15, 0.2) is 48.5 Å². The van der Waals surface area contributed by atoms with Crippen LogP contribution in [-0.4, -0.2) is 134 Å². The van der Waals surface area contributed by atoms with Gasteiger partial charge in [0.15, 0.2) is 0 Å². The number of carbonyl (C=O) groups excluding carboxylic acids is 4. The molecule has 0 bridgehead atoms. The fourth-order valence-electron chi connectivity index (χ4n) is 5.81. The van der Waals surface area contributed by atoms with Crippen molar-refractivity contribution >= 4 is 41.9 Å². The summed E-state index contributed by atoms with van der Waals surface area (Å²) < 4.78 is 37.6. The predicted octanol–water partition coefficient (Wildman–Crippen LogP) is 2.97. The molecular weight excluding hydrogens is 876 g/mol. The van der Waals surface area contributed by atoms with Gasteiger partial charge in [-0.15, -0.1) is 19.3 Å². The molecule has 0 heterocycles. The van der Waals surface area contributed by atoms with E-state index in [1.165, 1.54) is 0 Å². The zero-order valence-electron chi connectivity index (χ0n) is 37.5. The second-order valence-corrected chi connectivity index (χ2v) is 18.5. The quantitative estimate of drug-likeness (QED) is 0.0442. The monoisotopic (exact) mass is 939 g/mol. The summed E-state index contributed by atoms with van der Waals surface area (Å²) in [6, 6.07) is 13.9. The Morgan fingerprint density at radius 1 is 0.600 bits per heavy atom. The third-order valence-electron chi connectivity index (χ3n) is 9.45. The maximum Gasteiger partial charge on any atom is 0.251 e. The van der Waals surface area contributed by atoms with E-state index in [0.29, 0.717) is 51.0 Å². The second-order valence-electron chi connectivity index (χ2n) is 14.7. The van der Waals surface area contributed by atoms with Gasteiger partial charge in [-0.3, -0.25) is 19.2 Å². The fourth-order valence-corrected chi connectivity index (χ4v) is 6.70. The molecular formula is C47H64N4O12PS-. The largest absolute Gasteiger partial charge is 0.791 e. The first kappa shape index (κ1) is 56.3. The minimum atomic E-state index is -3.25. The van der Waals surface area contributed by atoms with Crippen LogP contribution in [0.2, 0.25) is 0 Å². The van der Waals surface area contributed by atoms with Crippen LogP contribution in [0, 0.1) is 37.0 Å². The van der Waals surface area contributed by atoms with Crippen LogP contribution in [0.1, 0.15) is 62.7 Å². The van der Waals surface area contributed by atoms with Crippen LogP contribution < -0.4 is 30.7 Å². The second kappa shape index (κ2) is 33.6. The van der Waals surface area contributed by atoms with Crippen LogP contribution in [0.25, 0.3) is 11.1 Å². The third kappa shape index (κ3) is 25.5. The SMILES string of the molecule is C#CCOCCOCCNC(=O)CCC(CCC(=O)NCCOCCOCC#C)(CCC(=O)NCCOCCOCC#C)NC(=O)c1ccc(-c2ccc(OP([O-])(=S)C(C)C)cc2)cc1. The Hall–Kier alpha value is -4.83. The van der Waals surface area contributed by atoms with E-state index >= 15 is 0 Å². The van der Waals surface area contributed by atoms with Crippen LogP contribution in [0.4, 0.5) is 0 Å². The molecule has 1 atom stereocenters. The maximum atomic E-state index is 14.1. The molecule has 0 radical (unpaired) electrons. The number of carbonyl (C=O) groups is 4. The lowest BCUT2D eigenvalue weighted by Crippen LogP contribution is -2.50. The summed E-state index contributed by atoms with van der Waals surface area (Å²) in [7, 11) is 0. The number of rotatable bonds is 36. The zero-order valence-corrected chi connectivity index (χ0v) is 39.2. The van der Waals surface area contributed by atoms with Gasteiger partial charge in [-0.25, -0.2) is 0 Å². The Morgan fingerprint density at radius 3 is 1.31 bits per heavy atom. The summed E-state index contributed by atoms with van der Waals surface area (Å²) in [6.07, 6.45) is 15.8. The molecule has 4 amide bonds. The first-order chi connectivity index (χ1) is 31.3. The first-order valence-electron chi connectivity index (χ1n) is 21.4. The number of terminal acetylenes is 3. The molecule has 2 rings (SSSR count). The number of amides is 4. The van der Waals surface area contributed by atoms with Gasteiger partial charge in [-0.05, 0) is 54.7 Å². The van der Waals surface area contributed by atoms with Gasteiger partial charge in [0, 0.05) is 62.1 Å². The Morgan fingerprint density at radius 2 is 0.954 bits per heavy atom. The average Bonchev–Trinajstić information content (AvgIpc) is 3.29. The molecule has 0 aliphatic rings. The summed E-state index contributed by atoms with van der Waals surface area (Å²) in [5, 5.41) is 11.6. The molecule has 0 saturated carbocycles. The lowest BCUT2D eigenvalue weighted by atomic mass is 9.82. The van der Waals surface area contributed by atoms with Crippen molar-refractivity contribution < 1.29 is 57.0 Å². The van der Waals surface area contributed by atoms with Crippen LogP contribution in [0.5, 0.6) is 5.75 Å². The van der Waals surface area contributed by atoms with Crippen LogP contribution >= 0.6 is 6.49 Å². The van der Waals surface area contributed by atoms with Crippen molar-refractivity contribution in [2.24, 2.45) is 0 Å². The van der Waals surface area contributed by atoms with Crippen molar-refractivity contribution in [1.82, 2.24) is 21.3 Å². The van der Waals surface area contributed by atoms with Gasteiger partial charge in [0.2, 0.25) is 17.7 Å². The highest BCUT2D eigenvalue weighted by Gasteiger charge is 2.34. The maximum absolute atomic E-state index is 14.1. The fraction of sp³-hybridized carbons (Fsp3) is 0.532. The molecule has 2 aromatic carbocycles. The summed E-state index contributed by atoms with van der Waals surface area (Å²) in [4.78, 5) is 66.3. The summed E-state index contributed by atoms with van der Waals surface area (Å²) >= 11 is 5.16. The highest BCUT2D eigenvalue weighted by molar-refractivity contribution is 8.09. The third-order valence-corrected chi connectivity index (χ3v) is 12.7. The molecule has 18 heteroatoms. The summed E-state index contributed by atoms with van der Waals surface area (Å²) in [5.41, 5.74) is 0.435. The van der Waals surface area contributed by atoms with Gasteiger partial charge in [0.25, 0.3) is 5.91 Å². The molecule has 0 aliphatic carbocycles. The average molecular weight is 940 g/mol. The molecule has 2 aromatic rings. The van der Waals surface area contributed by atoms with Gasteiger partial charge in [-0.2, -0.15) is 0 Å². The summed E-state index contributed by atoms with van der Waals surface area (Å²) in [5.74, 6) is 6.13. The molecule has 0 saturated heterocycles. The molecule has 356 valence electrons. The molecule has 1 unspecified atom stereocenters. The zero-order chi connectivity index (χ0) is 47.6. The predicted molar refractivity (Wildman–Crippen MR) is 250 cm³/mol. The lowest BCUT2D eigenvalue weighted by Gasteiger charge is -2.35. The van der Waals surface area contributed by atoms with Crippen molar-refractivity contribution in [2.75, 3.05) is 98.9 Å². The molecule has 0 spiro atoms. The van der Waals surface area contributed by atoms with E-state index in [4.69, 9.17) is 64.0 Å². The smallest absolute Gasteiger partial charge is 0.251 e. The molecule has 0 aromatic heterocycles. The van der Waals surface area contributed by atoms with Crippen LogP contribution in [-0.2, 0) is 54.6 Å². The number of nitrogens with one attached hydrogen (secondary N) is 4. The van der Waals surface area contributed by atoms with Gasteiger partial charge in [-0.1, -0.05) is 67.7 Å². The van der Waals surface area contributed by atoms with Gasteiger partial charge < -0.3 is 59.1 Å². The van der Waals surface area contributed by atoms with E-state index in [-0.39, 0.29) is 121 Å². The van der Waals surface area contributed by atoms with Gasteiger partial charge in [0.1, 0.15) is 25.6 Å². The highest BCUT2D eigenvalue weighted by atomic mass is 32.5. The van der Waals surface area contributed by atoms with E-state index in [0.717, 1.165) is 11.1 Å². The summed E-state index contributed by atoms with van der Waals surface area (Å²) in [6.45, 7) is 4.02. The number of benzene rings is 2. The topological polar surface area (TPSA) is 204 Å². The lowest BCUT2D eigenvalue weighted by molar-refractivity contribution is -0.177. The number of hydrogen-bond donors (Lipinski definition) is 4. The minimum absolute atomic E-state index is 0.0310. The highest BCUT2D eigenvalue weighted by Crippen LogP contribution is 2.43. The van der Waals surface area contributed by atoms with E-state index in [1.54, 1.807) is 62.4 Å². The Kier molecular flexibility index (Phi) is 29.1. The number of hydrogen-bond acceptors (Lipinski definition) is 13. The normalized spacial score (nSPS) is 12.0. The Balaban J connectivity index is 2.25. The van der Waals surface area contributed by atoms with Crippen molar-refractivity contribution in [3.63, 3.8) is 0 Å². The number of ether oxygens (including phenoxy) is 6. The minimum Gasteiger partial charge on any atom is -0.791 e. The van der Waals surface area contributed by atoms with E-state index in [1.807, 2.05) is 0 Å². The first-order valence-corrected chi connectivity index (χ1v) is 24.2. The van der Waals surface area contributed by atoms with Gasteiger partial charge >= 0.3 is 0 Å². The van der Waals surface area contributed by atoms with E-state index in [2.05, 4.69) is 39.0 Å². The molecule has 65 heavy (non-hydrogen) atoms. The Bertz CT molecular complexity index is 1780. The van der Waals surface area contributed by atoms with Crippen molar-refractivity contribution in [2.45, 2.75) is 63.6 Å². The molecule has 0 fully saturated rings. The molecule has 0 aliphatic heterocycles. The molecule has 4 N–H and O–H groups in total. The van der Waals surface area contributed by atoms with Crippen molar-refractivity contribution in [1.29, 1.82) is 0 Å². The van der Waals surface area contributed by atoms with Crippen molar-refractivity contribution in [3.05, 3.63) is 54.1 Å². The van der Waals surface area contributed by atoms with Crippen LogP contribution in [0.3, 0.4) is 0 Å². The van der Waals surface area contributed by atoms with Gasteiger partial charge in [0.05, 0.1) is 59.5 Å². The standard InChI is InChI=1S/C47H65N4O12PS/c1-6-26-57-32-35-60-29-23-48-43(52)17-20-47(21-18-44(53)49-24-30-61-36-33-58-27-7-2,22-19-45(54)50-25-31-62-37-34-59-28-8-3)51-46(55)41-11-9-39(10-12-41)40-13-15-42(16-14-40)63-64(56,65)38(4)5/h1-3,9-16,38H,17-37H2,4-5H3,(H,48,52)(H,49,53)(H,50,54)(H,51,55)(H,56,65)/p-1. The molecule has 16 nitrogen and oxygen atoms in total. The Labute approximate surface area is 389 Å². The van der Waals surface area contributed by atoms with E-state index in [9.17, 15) is 24.1 Å².